The number of primary amides is 2. The number of amides is 6. The number of likely N-dealkylation sites (tertiary alicyclic amines) is 1. The Morgan fingerprint density at radius 1 is 0.977 bits per heavy atom. The first-order valence-corrected chi connectivity index (χ1v) is 15.1. The van der Waals surface area contributed by atoms with E-state index in [2.05, 4.69) is 15.6 Å². The van der Waals surface area contributed by atoms with E-state index < -0.39 is 58.9 Å². The Labute approximate surface area is 247 Å². The average molecular weight is 599 g/mol. The summed E-state index contributed by atoms with van der Waals surface area (Å²) in [7, 11) is 0. The summed E-state index contributed by atoms with van der Waals surface area (Å²) in [4.78, 5) is 72.8. The molecule has 8 rings (SSSR count). The summed E-state index contributed by atoms with van der Waals surface area (Å²) < 4.78 is 5.95. The van der Waals surface area contributed by atoms with Gasteiger partial charge in [0.15, 0.2) is 5.96 Å². The minimum Gasteiger partial charge on any atom is -0.370 e. The lowest BCUT2D eigenvalue weighted by Gasteiger charge is -2.76. The third kappa shape index (κ3) is 3.50. The Morgan fingerprint density at radius 2 is 1.65 bits per heavy atom. The largest absolute Gasteiger partial charge is 0.370 e. The van der Waals surface area contributed by atoms with Gasteiger partial charge in [0.1, 0.15) is 18.2 Å². The molecule has 5 saturated heterocycles. The van der Waals surface area contributed by atoms with Crippen molar-refractivity contribution in [1.29, 1.82) is 0 Å². The van der Waals surface area contributed by atoms with E-state index in [1.807, 2.05) is 21.6 Å². The fourth-order valence-electron chi connectivity index (χ4n) is 7.68. The number of nitrogens with two attached hydrogens (primary N) is 4. The fourth-order valence-corrected chi connectivity index (χ4v) is 7.68. The van der Waals surface area contributed by atoms with Gasteiger partial charge in [0.05, 0.1) is 6.04 Å². The number of aliphatic imine (C=N–C) groups is 1. The molecule has 0 aromatic carbocycles. The van der Waals surface area contributed by atoms with Crippen LogP contribution in [0.15, 0.2) is 16.1 Å². The zero-order valence-electron chi connectivity index (χ0n) is 24.0. The first-order chi connectivity index (χ1) is 20.5. The minimum atomic E-state index is -1.13. The Kier molecular flexibility index (Phi) is 5.87. The van der Waals surface area contributed by atoms with Gasteiger partial charge in [-0.15, -0.1) is 0 Å². The first-order valence-electron chi connectivity index (χ1n) is 15.1. The molecule has 43 heavy (non-hydrogen) atoms. The van der Waals surface area contributed by atoms with Crippen LogP contribution in [-0.2, 0) is 23.9 Å². The number of urea groups is 1. The van der Waals surface area contributed by atoms with Gasteiger partial charge in [-0.25, -0.2) is 9.69 Å². The van der Waals surface area contributed by atoms with E-state index in [1.165, 1.54) is 0 Å². The Hall–Kier alpha value is -3.92. The number of nitrogens with zero attached hydrogens (tertiary/aromatic N) is 4. The molecule has 16 heteroatoms. The van der Waals surface area contributed by atoms with Crippen molar-refractivity contribution >= 4 is 35.6 Å². The van der Waals surface area contributed by atoms with Crippen molar-refractivity contribution in [2.45, 2.75) is 106 Å². The topological polar surface area (TPSA) is 248 Å². The molecule has 3 aliphatic carbocycles. The van der Waals surface area contributed by atoms with Gasteiger partial charge in [0.25, 0.3) is 0 Å². The highest BCUT2D eigenvalue weighted by molar-refractivity contribution is 6.00. The van der Waals surface area contributed by atoms with E-state index in [1.54, 1.807) is 11.1 Å². The van der Waals surface area contributed by atoms with Gasteiger partial charge < -0.3 is 38.3 Å². The number of ether oxygens (including phenoxy) is 1. The quantitative estimate of drug-likeness (QED) is 0.0322. The van der Waals surface area contributed by atoms with E-state index in [9.17, 15) is 24.0 Å². The normalized spacial score (nSPS) is 34.4. The Bertz CT molecular complexity index is 1370. The molecule has 10 N–H and O–H groups in total. The Morgan fingerprint density at radius 3 is 2.16 bits per heavy atom. The van der Waals surface area contributed by atoms with Crippen molar-refractivity contribution in [3.05, 3.63) is 11.1 Å². The predicted molar refractivity (Wildman–Crippen MR) is 148 cm³/mol. The van der Waals surface area contributed by atoms with Crippen LogP contribution < -0.4 is 33.6 Å². The number of rotatable bonds is 18. The first kappa shape index (κ1) is 27.9. The number of hydrogen-bond acceptors (Lipinski definition) is 8. The van der Waals surface area contributed by atoms with Crippen molar-refractivity contribution in [1.82, 2.24) is 25.3 Å². The van der Waals surface area contributed by atoms with Crippen LogP contribution in [0.1, 0.15) is 64.7 Å². The van der Waals surface area contributed by atoms with Crippen molar-refractivity contribution in [2.75, 3.05) is 6.54 Å². The van der Waals surface area contributed by atoms with Crippen molar-refractivity contribution in [3.63, 3.8) is 0 Å². The lowest BCUT2D eigenvalue weighted by Crippen LogP contribution is -2.99. The molecule has 5 heterocycles. The molecule has 5 aliphatic heterocycles. The number of carbonyl (C=O) groups is 5. The van der Waals surface area contributed by atoms with Crippen LogP contribution in [0, 0.1) is 5.92 Å². The van der Waals surface area contributed by atoms with Gasteiger partial charge in [-0.05, 0) is 38.5 Å². The van der Waals surface area contributed by atoms with Crippen LogP contribution in [0.5, 0.6) is 0 Å². The number of allylic oxidation sites excluding steroid dienone is 2. The van der Waals surface area contributed by atoms with Crippen LogP contribution in [0.2, 0.25) is 0 Å². The summed E-state index contributed by atoms with van der Waals surface area (Å²) in [5, 5.41) is 5.38. The van der Waals surface area contributed by atoms with Crippen molar-refractivity contribution in [2.24, 2.45) is 33.8 Å². The second-order valence-corrected chi connectivity index (χ2v) is 12.6. The highest BCUT2D eigenvalue weighted by Crippen LogP contribution is 3.03. The fraction of sp³-hybridized carbons (Fsp3) is 0.704. The van der Waals surface area contributed by atoms with Crippen molar-refractivity contribution in [3.8, 4) is 0 Å². The van der Waals surface area contributed by atoms with E-state index in [4.69, 9.17) is 27.7 Å². The highest BCUT2D eigenvalue weighted by atomic mass is 16.8. The van der Waals surface area contributed by atoms with Gasteiger partial charge in [0.2, 0.25) is 40.7 Å². The average Bonchev–Trinajstić information content (AvgIpc) is 3.72. The third-order valence-corrected chi connectivity index (χ3v) is 10.2. The molecule has 16 nitrogen and oxygen atoms in total. The zero-order valence-corrected chi connectivity index (χ0v) is 24.0. The molecular formula is C27H38N10O6. The SMILES string of the molecule is CCCC[C@H](C(=O)N[C@@H](CCC(N)=O)C(=O)N[C@@H](CCCN=C(N)N)C(N)=O)N1C23O[C@]12C31N2C(=O)N1C2CC1C2=C1C2. The third-order valence-electron chi connectivity index (χ3n) is 10.2. The molecule has 1 spiro atoms. The molecule has 2 bridgehead atoms. The number of nitrogens with one attached hydrogen (secondary N) is 2. The molecule has 8 aliphatic rings. The molecule has 0 aromatic heterocycles. The number of carbonyl (C=O) groups excluding carboxylic acids is 5. The second-order valence-electron chi connectivity index (χ2n) is 12.6. The molecule has 6 amide bonds. The number of guanidine groups is 1. The lowest BCUT2D eigenvalue weighted by molar-refractivity contribution is -0.379. The van der Waals surface area contributed by atoms with E-state index in [0.717, 1.165) is 25.7 Å². The number of unbranched alkanes of at least 4 members (excludes halogenated alkanes) is 1. The maximum atomic E-state index is 13.7. The van der Waals surface area contributed by atoms with Crippen LogP contribution in [0.4, 0.5) is 4.79 Å². The van der Waals surface area contributed by atoms with E-state index in [0.29, 0.717) is 18.8 Å². The van der Waals surface area contributed by atoms with Crippen LogP contribution in [0.3, 0.4) is 0 Å². The monoisotopic (exact) mass is 598 g/mol. The maximum Gasteiger partial charge on any atom is 0.327 e. The van der Waals surface area contributed by atoms with Crippen molar-refractivity contribution < 1.29 is 28.7 Å². The smallest absolute Gasteiger partial charge is 0.327 e. The van der Waals surface area contributed by atoms with Gasteiger partial charge >= 0.3 is 6.03 Å². The number of epoxide rings is 1. The standard InChI is InChI=1S/C27H38N10O6/c1-2-3-6-17(37-26-25(27(26,37)43-26)35-19(36(25)24(35)42)11-14-12-10-13(12)14)22(41)34-16(7-8-18(28)38)21(40)33-15(20(29)39)5-4-9-32-23(30)31/h14-17,19H,2-11H2,1H3,(H2,28,38)(H2,29,39)(H,33,40)(H,34,41)(H4,30,31,32)/t15-,16-,17+,19?,25?,26-,27?,37?/m0/s1. The van der Waals surface area contributed by atoms with Crippen LogP contribution >= 0.6 is 0 Å². The summed E-state index contributed by atoms with van der Waals surface area (Å²) in [6, 6.07) is -2.73. The molecular weight excluding hydrogens is 560 g/mol. The van der Waals surface area contributed by atoms with Crippen LogP contribution in [-0.4, -0.2) is 98.3 Å². The molecule has 2 unspecified atom stereocenters. The molecule has 1 saturated carbocycles. The second kappa shape index (κ2) is 9.05. The molecule has 232 valence electrons. The van der Waals surface area contributed by atoms with Crippen LogP contribution in [0.25, 0.3) is 0 Å². The zero-order chi connectivity index (χ0) is 30.6. The summed E-state index contributed by atoms with van der Waals surface area (Å²) >= 11 is 0. The molecule has 6 fully saturated rings. The van der Waals surface area contributed by atoms with Gasteiger partial charge in [-0.1, -0.05) is 30.9 Å². The number of hydrogen-bond donors (Lipinski definition) is 6. The van der Waals surface area contributed by atoms with E-state index >= 15 is 0 Å². The van der Waals surface area contributed by atoms with Gasteiger partial charge in [0, 0.05) is 18.9 Å². The molecule has 0 radical (unpaired) electrons. The Balaban J connectivity index is 0.989. The molecule has 6 atom stereocenters. The van der Waals surface area contributed by atoms with Gasteiger partial charge in [-0.2, -0.15) is 0 Å². The lowest BCUT2D eigenvalue weighted by atomic mass is 9.87. The summed E-state index contributed by atoms with van der Waals surface area (Å²) in [6.45, 7) is 2.26. The molecule has 0 aromatic rings. The minimum absolute atomic E-state index is 0.0172. The maximum absolute atomic E-state index is 13.7. The van der Waals surface area contributed by atoms with E-state index in [-0.39, 0.29) is 44.0 Å². The summed E-state index contributed by atoms with van der Waals surface area (Å²) in [5.74, 6) is -1.94. The van der Waals surface area contributed by atoms with Gasteiger partial charge in [-0.3, -0.25) is 34.0 Å². The summed E-state index contributed by atoms with van der Waals surface area (Å²) in [5.41, 5.74) is 22.8. The summed E-state index contributed by atoms with van der Waals surface area (Å²) in [6.07, 6.45) is 4.71. The highest BCUT2D eigenvalue weighted by Gasteiger charge is 3.33. The predicted octanol–water partition coefficient (Wildman–Crippen LogP) is -2.43.